The zero-order valence-corrected chi connectivity index (χ0v) is 14.8. The molecule has 0 saturated heterocycles. The highest BCUT2D eigenvalue weighted by atomic mass is 16.5. The summed E-state index contributed by atoms with van der Waals surface area (Å²) >= 11 is 0. The topological polar surface area (TPSA) is 59.0 Å². The van der Waals surface area contributed by atoms with Crippen LogP contribution in [0, 0.1) is 16.7 Å². The maximum Gasteiger partial charge on any atom is 0.119 e. The molecule has 2 N–H and O–H groups in total. The van der Waals surface area contributed by atoms with E-state index >= 15 is 0 Å². The quantitative estimate of drug-likeness (QED) is 0.844. The molecule has 0 aliphatic carbocycles. The summed E-state index contributed by atoms with van der Waals surface area (Å²) in [6.07, 6.45) is 1.06. The molecule has 0 aliphatic heterocycles. The van der Waals surface area contributed by atoms with E-state index in [1.807, 2.05) is 24.3 Å². The van der Waals surface area contributed by atoms with Gasteiger partial charge in [0.2, 0.25) is 0 Å². The number of ether oxygens (including phenoxy) is 1. The van der Waals surface area contributed by atoms with E-state index in [2.05, 4.69) is 39.0 Å². The van der Waals surface area contributed by atoms with Gasteiger partial charge in [-0.15, -0.1) is 0 Å². The highest BCUT2D eigenvalue weighted by Crippen LogP contribution is 2.31. The number of hydrogen-bond donors (Lipinski definition) is 1. The van der Waals surface area contributed by atoms with Crippen molar-refractivity contribution in [1.82, 2.24) is 0 Å². The van der Waals surface area contributed by atoms with Crippen molar-refractivity contribution >= 4 is 0 Å². The fourth-order valence-electron chi connectivity index (χ4n) is 2.75. The van der Waals surface area contributed by atoms with Crippen LogP contribution in [0.1, 0.15) is 49.8 Å². The number of nitrogens with two attached hydrogens (primary N) is 1. The number of nitriles is 1. The third-order valence-corrected chi connectivity index (χ3v) is 3.98. The van der Waals surface area contributed by atoms with Crippen LogP contribution in [0.15, 0.2) is 48.5 Å². The molecule has 3 nitrogen and oxygen atoms in total. The number of hydrogen-bond acceptors (Lipinski definition) is 3. The van der Waals surface area contributed by atoms with Gasteiger partial charge in [-0.3, -0.25) is 0 Å². The Morgan fingerprint density at radius 3 is 2.17 bits per heavy atom. The summed E-state index contributed by atoms with van der Waals surface area (Å²) in [6, 6.07) is 17.8. The van der Waals surface area contributed by atoms with Crippen molar-refractivity contribution < 1.29 is 4.74 Å². The van der Waals surface area contributed by atoms with E-state index in [1.54, 1.807) is 12.1 Å². The highest BCUT2D eigenvalue weighted by molar-refractivity contribution is 5.32. The summed E-state index contributed by atoms with van der Waals surface area (Å²) < 4.78 is 5.82. The lowest BCUT2D eigenvalue weighted by Gasteiger charge is -2.25. The molecule has 0 radical (unpaired) electrons. The fourth-order valence-corrected chi connectivity index (χ4v) is 2.75. The smallest absolute Gasteiger partial charge is 0.119 e. The molecule has 0 spiro atoms. The van der Waals surface area contributed by atoms with E-state index in [9.17, 15) is 0 Å². The van der Waals surface area contributed by atoms with Crippen LogP contribution >= 0.6 is 0 Å². The standard InChI is InChI=1S/C21H26N2O/c1-21(2,3)12-19(14-23)18-8-10-20(11-9-18)24-15-17-6-4-16(13-22)5-7-17/h4-11,19H,12,14-15,23H2,1-3H3. The molecular formula is C21H26N2O. The van der Waals surface area contributed by atoms with Gasteiger partial charge in [-0.05, 0) is 59.7 Å². The van der Waals surface area contributed by atoms with Gasteiger partial charge in [-0.25, -0.2) is 0 Å². The lowest BCUT2D eigenvalue weighted by atomic mass is 9.81. The average molecular weight is 322 g/mol. The molecular weight excluding hydrogens is 296 g/mol. The Kier molecular flexibility index (Phi) is 6.00. The van der Waals surface area contributed by atoms with Gasteiger partial charge in [0, 0.05) is 0 Å². The van der Waals surface area contributed by atoms with Crippen LogP contribution < -0.4 is 10.5 Å². The summed E-state index contributed by atoms with van der Waals surface area (Å²) in [5.74, 6) is 1.22. The Hall–Kier alpha value is -2.31. The van der Waals surface area contributed by atoms with E-state index in [-0.39, 0.29) is 5.41 Å². The highest BCUT2D eigenvalue weighted by Gasteiger charge is 2.19. The molecule has 0 bridgehead atoms. The first kappa shape index (κ1) is 18.0. The van der Waals surface area contributed by atoms with Gasteiger partial charge < -0.3 is 10.5 Å². The molecule has 2 rings (SSSR count). The Morgan fingerprint density at radius 2 is 1.67 bits per heavy atom. The van der Waals surface area contributed by atoms with Crippen molar-refractivity contribution in [2.75, 3.05) is 6.54 Å². The fraction of sp³-hybridized carbons (Fsp3) is 0.381. The first-order chi connectivity index (χ1) is 11.4. The molecule has 0 fully saturated rings. The predicted octanol–water partition coefficient (Wildman–Crippen LogP) is 4.62. The van der Waals surface area contributed by atoms with E-state index < -0.39 is 0 Å². The van der Waals surface area contributed by atoms with E-state index in [4.69, 9.17) is 15.7 Å². The minimum atomic E-state index is 0.259. The molecule has 0 aromatic heterocycles. The van der Waals surface area contributed by atoms with E-state index in [0.29, 0.717) is 24.6 Å². The van der Waals surface area contributed by atoms with Gasteiger partial charge in [-0.1, -0.05) is 45.0 Å². The summed E-state index contributed by atoms with van der Waals surface area (Å²) in [5, 5.41) is 8.81. The number of benzene rings is 2. The molecule has 0 aliphatic rings. The third-order valence-electron chi connectivity index (χ3n) is 3.98. The molecule has 0 saturated carbocycles. The van der Waals surface area contributed by atoms with Crippen molar-refractivity contribution in [2.45, 2.75) is 39.7 Å². The van der Waals surface area contributed by atoms with Gasteiger partial charge in [-0.2, -0.15) is 5.26 Å². The Labute approximate surface area is 145 Å². The average Bonchev–Trinajstić information content (AvgIpc) is 2.58. The van der Waals surface area contributed by atoms with E-state index in [1.165, 1.54) is 5.56 Å². The van der Waals surface area contributed by atoms with Gasteiger partial charge in [0.15, 0.2) is 0 Å². The second-order valence-electron chi connectivity index (χ2n) is 7.36. The van der Waals surface area contributed by atoms with Crippen molar-refractivity contribution in [3.8, 4) is 11.8 Å². The van der Waals surface area contributed by atoms with Gasteiger partial charge in [0.1, 0.15) is 12.4 Å². The van der Waals surface area contributed by atoms with Crippen LogP contribution in [0.4, 0.5) is 0 Å². The van der Waals surface area contributed by atoms with Gasteiger partial charge in [0.05, 0.1) is 11.6 Å². The number of nitrogens with zero attached hydrogens (tertiary/aromatic N) is 1. The first-order valence-corrected chi connectivity index (χ1v) is 8.33. The largest absolute Gasteiger partial charge is 0.489 e. The molecule has 0 amide bonds. The molecule has 1 unspecified atom stereocenters. The normalized spacial score (nSPS) is 12.5. The van der Waals surface area contributed by atoms with Crippen LogP contribution in [0.2, 0.25) is 0 Å². The molecule has 3 heteroatoms. The van der Waals surface area contributed by atoms with Gasteiger partial charge in [0.25, 0.3) is 0 Å². The van der Waals surface area contributed by atoms with Crippen LogP contribution in [0.25, 0.3) is 0 Å². The lowest BCUT2D eigenvalue weighted by molar-refractivity contribution is 0.305. The lowest BCUT2D eigenvalue weighted by Crippen LogP contribution is -2.19. The Morgan fingerprint density at radius 1 is 1.04 bits per heavy atom. The maximum absolute atomic E-state index is 8.81. The van der Waals surface area contributed by atoms with Crippen molar-refractivity contribution in [3.63, 3.8) is 0 Å². The summed E-state index contributed by atoms with van der Waals surface area (Å²) in [7, 11) is 0. The first-order valence-electron chi connectivity index (χ1n) is 8.33. The maximum atomic E-state index is 8.81. The Balaban J connectivity index is 1.97. The molecule has 126 valence electrons. The Bertz CT molecular complexity index is 676. The molecule has 2 aromatic rings. The zero-order chi connectivity index (χ0) is 17.6. The zero-order valence-electron chi connectivity index (χ0n) is 14.8. The molecule has 24 heavy (non-hydrogen) atoms. The molecule has 0 heterocycles. The van der Waals surface area contributed by atoms with Crippen LogP contribution in [0.5, 0.6) is 5.75 Å². The third kappa shape index (κ3) is 5.40. The summed E-state index contributed by atoms with van der Waals surface area (Å²) in [6.45, 7) is 7.87. The van der Waals surface area contributed by atoms with Gasteiger partial charge >= 0.3 is 0 Å². The van der Waals surface area contributed by atoms with Crippen LogP contribution in [0.3, 0.4) is 0 Å². The second-order valence-corrected chi connectivity index (χ2v) is 7.36. The van der Waals surface area contributed by atoms with E-state index in [0.717, 1.165) is 17.7 Å². The summed E-state index contributed by atoms with van der Waals surface area (Å²) in [5.41, 5.74) is 9.18. The van der Waals surface area contributed by atoms with Crippen molar-refractivity contribution in [3.05, 3.63) is 65.2 Å². The number of rotatable bonds is 6. The SMILES string of the molecule is CC(C)(C)CC(CN)c1ccc(OCc2ccc(C#N)cc2)cc1. The molecule has 2 aromatic carbocycles. The monoisotopic (exact) mass is 322 g/mol. The molecule has 1 atom stereocenters. The predicted molar refractivity (Wildman–Crippen MR) is 97.8 cm³/mol. The van der Waals surface area contributed by atoms with Crippen LogP contribution in [-0.4, -0.2) is 6.54 Å². The van der Waals surface area contributed by atoms with Crippen molar-refractivity contribution in [2.24, 2.45) is 11.1 Å². The summed E-state index contributed by atoms with van der Waals surface area (Å²) in [4.78, 5) is 0. The van der Waals surface area contributed by atoms with Crippen LogP contribution in [-0.2, 0) is 6.61 Å². The minimum Gasteiger partial charge on any atom is -0.489 e. The van der Waals surface area contributed by atoms with Crippen molar-refractivity contribution in [1.29, 1.82) is 5.26 Å². The second kappa shape index (κ2) is 7.99. The minimum absolute atomic E-state index is 0.259.